The number of fused-ring (bicyclic) bond motifs is 2. The molecule has 3 aromatic rings. The Kier molecular flexibility index (Phi) is 5.99. The van der Waals surface area contributed by atoms with Crippen molar-refractivity contribution in [2.75, 3.05) is 6.79 Å². The fourth-order valence-corrected chi connectivity index (χ4v) is 5.50. The van der Waals surface area contributed by atoms with E-state index in [-0.39, 0.29) is 28.3 Å². The van der Waals surface area contributed by atoms with Crippen molar-refractivity contribution in [1.82, 2.24) is 9.55 Å². The van der Waals surface area contributed by atoms with E-state index in [9.17, 15) is 9.90 Å². The van der Waals surface area contributed by atoms with E-state index in [4.69, 9.17) is 26.7 Å². The molecule has 0 bridgehead atoms. The molecule has 3 heterocycles. The number of para-hydroxylation sites is 1. The molecule has 2 N–H and O–H groups in total. The summed E-state index contributed by atoms with van der Waals surface area (Å²) in [4.78, 5) is 21.6. The SMILES string of the molecule is CCCCn1c(O)c(C2=Nc3ccccc3S[C@H](c3ccc4c(c3)OCO4)C2)c(=O)[nH]c1=S. The molecule has 0 unspecified atom stereocenters. The van der Waals surface area contributed by atoms with E-state index in [2.05, 4.69) is 11.9 Å². The fraction of sp³-hybridized carbons (Fsp3) is 0.292. The zero-order valence-electron chi connectivity index (χ0n) is 18.0. The third-order valence-electron chi connectivity index (χ3n) is 5.73. The van der Waals surface area contributed by atoms with Crippen molar-refractivity contribution in [2.45, 2.75) is 42.9 Å². The molecule has 0 saturated heterocycles. The second-order valence-electron chi connectivity index (χ2n) is 7.91. The molecule has 33 heavy (non-hydrogen) atoms. The van der Waals surface area contributed by atoms with Crippen LogP contribution in [0.15, 0.2) is 57.1 Å². The number of rotatable bonds is 5. The van der Waals surface area contributed by atoms with Crippen LogP contribution in [0.1, 0.15) is 42.6 Å². The Morgan fingerprint density at radius 2 is 2.06 bits per heavy atom. The average molecular weight is 482 g/mol. The molecule has 7 nitrogen and oxygen atoms in total. The standard InChI is InChI=1S/C24H23N3O4S2/c1-2-3-10-27-23(29)21(22(28)26-24(27)32)16-12-20(33-19-7-5-4-6-15(19)25-16)14-8-9-17-18(11-14)31-13-30-17/h4-9,11,20,29H,2-3,10,12-13H2,1H3,(H,26,28,32)/t20-/m0/s1. The average Bonchev–Trinajstić information content (AvgIpc) is 3.18. The Balaban J connectivity index is 1.63. The topological polar surface area (TPSA) is 88.8 Å². The first kappa shape index (κ1) is 21.8. The van der Waals surface area contributed by atoms with Crippen LogP contribution in [-0.2, 0) is 6.54 Å². The molecule has 2 aliphatic rings. The van der Waals surface area contributed by atoms with E-state index in [0.717, 1.165) is 34.7 Å². The molecule has 170 valence electrons. The zero-order valence-corrected chi connectivity index (χ0v) is 19.7. The number of unbranched alkanes of at least 4 members (excludes halogenated alkanes) is 1. The first-order chi connectivity index (χ1) is 16.0. The van der Waals surface area contributed by atoms with Crippen LogP contribution in [0.2, 0.25) is 0 Å². The summed E-state index contributed by atoms with van der Waals surface area (Å²) in [5, 5.41) is 11.1. The predicted octanol–water partition coefficient (Wildman–Crippen LogP) is 5.50. The van der Waals surface area contributed by atoms with Gasteiger partial charge in [0.25, 0.3) is 5.56 Å². The predicted molar refractivity (Wildman–Crippen MR) is 131 cm³/mol. The Hall–Kier alpha value is -3.04. The van der Waals surface area contributed by atoms with Crippen LogP contribution in [0.4, 0.5) is 5.69 Å². The summed E-state index contributed by atoms with van der Waals surface area (Å²) in [6.45, 7) is 2.79. The van der Waals surface area contributed by atoms with Crippen LogP contribution in [0.25, 0.3) is 0 Å². The number of aromatic amines is 1. The number of ether oxygens (including phenoxy) is 2. The lowest BCUT2D eigenvalue weighted by Gasteiger charge is -2.18. The molecule has 5 rings (SSSR count). The third-order valence-corrected chi connectivity index (χ3v) is 7.38. The Labute approximate surface area is 200 Å². The Morgan fingerprint density at radius 1 is 1.24 bits per heavy atom. The first-order valence-electron chi connectivity index (χ1n) is 10.8. The number of aliphatic imine (C=N–C) groups is 1. The zero-order chi connectivity index (χ0) is 22.9. The summed E-state index contributed by atoms with van der Waals surface area (Å²) in [5.41, 5.74) is 2.06. The summed E-state index contributed by atoms with van der Waals surface area (Å²) in [5.74, 6) is 1.29. The smallest absolute Gasteiger partial charge is 0.264 e. The number of hydrogen-bond acceptors (Lipinski definition) is 7. The number of thioether (sulfide) groups is 1. The largest absolute Gasteiger partial charge is 0.494 e. The molecule has 1 aromatic heterocycles. The fourth-order valence-electron chi connectivity index (χ4n) is 4.01. The highest BCUT2D eigenvalue weighted by atomic mass is 32.2. The molecule has 0 fully saturated rings. The van der Waals surface area contributed by atoms with E-state index in [1.54, 1.807) is 16.3 Å². The highest BCUT2D eigenvalue weighted by Crippen LogP contribution is 2.47. The highest BCUT2D eigenvalue weighted by molar-refractivity contribution is 7.99. The summed E-state index contributed by atoms with van der Waals surface area (Å²) in [6.07, 6.45) is 2.21. The van der Waals surface area contributed by atoms with Gasteiger partial charge in [0.15, 0.2) is 16.3 Å². The van der Waals surface area contributed by atoms with E-state index >= 15 is 0 Å². The minimum atomic E-state index is -0.433. The molecule has 2 aromatic carbocycles. The van der Waals surface area contributed by atoms with Gasteiger partial charge in [0, 0.05) is 23.1 Å². The number of hydrogen-bond donors (Lipinski definition) is 2. The van der Waals surface area contributed by atoms with Crippen LogP contribution in [0.3, 0.4) is 0 Å². The summed E-state index contributed by atoms with van der Waals surface area (Å²) < 4.78 is 12.8. The maximum absolute atomic E-state index is 13.0. The Morgan fingerprint density at radius 3 is 2.91 bits per heavy atom. The van der Waals surface area contributed by atoms with Crippen LogP contribution < -0.4 is 15.0 Å². The Bertz CT molecular complexity index is 1360. The van der Waals surface area contributed by atoms with E-state index < -0.39 is 5.56 Å². The number of nitrogens with zero attached hydrogens (tertiary/aromatic N) is 2. The van der Waals surface area contributed by atoms with Crippen molar-refractivity contribution < 1.29 is 14.6 Å². The highest BCUT2D eigenvalue weighted by Gasteiger charge is 2.28. The number of aromatic hydroxyl groups is 1. The summed E-state index contributed by atoms with van der Waals surface area (Å²) in [6, 6.07) is 13.7. The molecule has 1 atom stereocenters. The number of aromatic nitrogens is 2. The number of benzene rings is 2. The van der Waals surface area contributed by atoms with Crippen molar-refractivity contribution in [3.63, 3.8) is 0 Å². The van der Waals surface area contributed by atoms with Gasteiger partial charge in [-0.1, -0.05) is 31.5 Å². The quantitative estimate of drug-likeness (QED) is 0.468. The molecule has 2 aliphatic heterocycles. The van der Waals surface area contributed by atoms with Gasteiger partial charge in [-0.25, -0.2) is 0 Å². The van der Waals surface area contributed by atoms with Crippen LogP contribution in [-0.4, -0.2) is 27.2 Å². The van der Waals surface area contributed by atoms with Gasteiger partial charge in [0.1, 0.15) is 5.56 Å². The van der Waals surface area contributed by atoms with Crippen molar-refractivity contribution in [1.29, 1.82) is 0 Å². The van der Waals surface area contributed by atoms with Crippen molar-refractivity contribution in [3.05, 3.63) is 68.7 Å². The molecule has 0 radical (unpaired) electrons. The summed E-state index contributed by atoms with van der Waals surface area (Å²) in [7, 11) is 0. The van der Waals surface area contributed by atoms with E-state index in [0.29, 0.717) is 24.4 Å². The monoisotopic (exact) mass is 481 g/mol. The lowest BCUT2D eigenvalue weighted by molar-refractivity contribution is 0.174. The third kappa shape index (κ3) is 4.18. The van der Waals surface area contributed by atoms with Crippen molar-refractivity contribution in [2.24, 2.45) is 4.99 Å². The molecule has 9 heteroatoms. The molecule has 0 amide bonds. The van der Waals surface area contributed by atoms with Gasteiger partial charge in [-0.2, -0.15) is 0 Å². The molecular formula is C24H23N3O4S2. The van der Waals surface area contributed by atoms with Crippen LogP contribution in [0.5, 0.6) is 17.4 Å². The second-order valence-corrected chi connectivity index (χ2v) is 9.54. The molecule has 0 saturated carbocycles. The second kappa shape index (κ2) is 9.07. The maximum atomic E-state index is 13.0. The van der Waals surface area contributed by atoms with Gasteiger partial charge < -0.3 is 14.6 Å². The van der Waals surface area contributed by atoms with Crippen molar-refractivity contribution >= 4 is 35.4 Å². The van der Waals surface area contributed by atoms with Gasteiger partial charge in [0.2, 0.25) is 12.7 Å². The minimum absolute atomic E-state index is 0.0482. The van der Waals surface area contributed by atoms with Crippen LogP contribution in [0, 0.1) is 4.77 Å². The lowest BCUT2D eigenvalue weighted by Crippen LogP contribution is -2.24. The normalized spacial score (nSPS) is 16.8. The lowest BCUT2D eigenvalue weighted by atomic mass is 10.0. The first-order valence-corrected chi connectivity index (χ1v) is 12.1. The van der Waals surface area contributed by atoms with E-state index in [1.165, 1.54) is 0 Å². The van der Waals surface area contributed by atoms with Gasteiger partial charge in [-0.15, -0.1) is 11.8 Å². The maximum Gasteiger partial charge on any atom is 0.264 e. The number of H-pyrrole nitrogens is 1. The van der Waals surface area contributed by atoms with E-state index in [1.807, 2.05) is 42.5 Å². The summed E-state index contributed by atoms with van der Waals surface area (Å²) >= 11 is 6.99. The molecule has 0 spiro atoms. The van der Waals surface area contributed by atoms with Gasteiger partial charge in [-0.05, 0) is 48.5 Å². The van der Waals surface area contributed by atoms with Gasteiger partial charge in [0.05, 0.1) is 11.4 Å². The molecule has 0 aliphatic carbocycles. The molecular weight excluding hydrogens is 458 g/mol. The number of nitrogens with one attached hydrogen (secondary N) is 1. The van der Waals surface area contributed by atoms with Crippen molar-refractivity contribution in [3.8, 4) is 17.4 Å². The van der Waals surface area contributed by atoms with Crippen LogP contribution >= 0.6 is 24.0 Å². The van der Waals surface area contributed by atoms with Gasteiger partial charge in [-0.3, -0.25) is 19.3 Å². The van der Waals surface area contributed by atoms with Gasteiger partial charge >= 0.3 is 0 Å². The minimum Gasteiger partial charge on any atom is -0.494 e.